The van der Waals surface area contributed by atoms with Gasteiger partial charge >= 0.3 is 0 Å². The summed E-state index contributed by atoms with van der Waals surface area (Å²) >= 11 is 3.38. The van der Waals surface area contributed by atoms with Crippen molar-refractivity contribution in [2.75, 3.05) is 13.1 Å². The van der Waals surface area contributed by atoms with Crippen LogP contribution in [0.5, 0.6) is 11.6 Å². The molecule has 5 nitrogen and oxygen atoms in total. The Morgan fingerprint density at radius 3 is 2.64 bits per heavy atom. The smallest absolute Gasteiger partial charge is 0.259 e. The molecule has 2 heterocycles. The molecule has 1 unspecified atom stereocenters. The molecule has 1 fully saturated rings. The lowest BCUT2D eigenvalue weighted by atomic mass is 10.1. The number of rotatable bonds is 3. The monoisotopic (exact) mass is 447 g/mol. The van der Waals surface area contributed by atoms with E-state index in [4.69, 9.17) is 10.5 Å². The molecular formula is C17H20BrCl2N3O2. The van der Waals surface area contributed by atoms with Crippen LogP contribution in [0.15, 0.2) is 47.1 Å². The Kier molecular flexibility index (Phi) is 8.65. The minimum Gasteiger partial charge on any atom is -0.438 e. The molecule has 3 rings (SSSR count). The molecule has 2 N–H and O–H groups in total. The van der Waals surface area contributed by atoms with E-state index in [0.717, 1.165) is 23.9 Å². The normalized spacial score (nSPS) is 16.4. The number of halogens is 3. The number of nitrogens with two attached hydrogens (primary N) is 1. The van der Waals surface area contributed by atoms with Crippen molar-refractivity contribution in [3.05, 3.63) is 52.6 Å². The lowest BCUT2D eigenvalue weighted by Gasteiger charge is -2.31. The molecule has 1 aromatic carbocycles. The van der Waals surface area contributed by atoms with Gasteiger partial charge < -0.3 is 15.4 Å². The number of likely N-dealkylation sites (tertiary alicyclic amines) is 1. The van der Waals surface area contributed by atoms with Gasteiger partial charge in [0, 0.05) is 29.8 Å². The molecule has 1 aliphatic heterocycles. The average molecular weight is 449 g/mol. The van der Waals surface area contributed by atoms with E-state index in [1.807, 2.05) is 24.3 Å². The van der Waals surface area contributed by atoms with E-state index in [1.54, 1.807) is 23.2 Å². The van der Waals surface area contributed by atoms with E-state index < -0.39 is 0 Å². The highest BCUT2D eigenvalue weighted by Crippen LogP contribution is 2.26. The summed E-state index contributed by atoms with van der Waals surface area (Å²) in [7, 11) is 0. The van der Waals surface area contributed by atoms with Crippen LogP contribution in [0.2, 0.25) is 0 Å². The summed E-state index contributed by atoms with van der Waals surface area (Å²) in [5, 5.41) is 0. The molecule has 1 atom stereocenters. The SMILES string of the molecule is Cl.Cl.NC1CCCN(C(=O)c2cccnc2Oc2ccc(Br)cc2)C1. The predicted octanol–water partition coefficient (Wildman–Crippen LogP) is 4.04. The van der Waals surface area contributed by atoms with Crippen LogP contribution in [0, 0.1) is 0 Å². The van der Waals surface area contributed by atoms with Gasteiger partial charge in [-0.05, 0) is 49.2 Å². The van der Waals surface area contributed by atoms with Gasteiger partial charge in [-0.2, -0.15) is 0 Å². The molecule has 0 saturated carbocycles. The number of aromatic nitrogens is 1. The van der Waals surface area contributed by atoms with Crippen molar-refractivity contribution in [3.8, 4) is 11.6 Å². The van der Waals surface area contributed by atoms with Crippen LogP contribution in [0.25, 0.3) is 0 Å². The Labute approximate surface area is 167 Å². The summed E-state index contributed by atoms with van der Waals surface area (Å²) < 4.78 is 6.76. The number of piperidine rings is 1. The Hall–Kier alpha value is -1.34. The van der Waals surface area contributed by atoms with Crippen molar-refractivity contribution in [2.45, 2.75) is 18.9 Å². The molecule has 0 radical (unpaired) electrons. The maximum atomic E-state index is 12.8. The Morgan fingerprint density at radius 2 is 1.96 bits per heavy atom. The number of carbonyl (C=O) groups excluding carboxylic acids is 1. The summed E-state index contributed by atoms with van der Waals surface area (Å²) in [6.07, 6.45) is 3.50. The number of pyridine rings is 1. The van der Waals surface area contributed by atoms with Gasteiger partial charge in [-0.15, -0.1) is 24.8 Å². The Balaban J connectivity index is 0.00000156. The molecule has 1 aliphatic rings. The Morgan fingerprint density at radius 1 is 1.24 bits per heavy atom. The van der Waals surface area contributed by atoms with E-state index in [1.165, 1.54) is 0 Å². The third-order valence-electron chi connectivity index (χ3n) is 3.77. The maximum absolute atomic E-state index is 12.8. The van der Waals surface area contributed by atoms with Gasteiger partial charge in [0.15, 0.2) is 0 Å². The van der Waals surface area contributed by atoms with E-state index >= 15 is 0 Å². The molecule has 136 valence electrons. The van der Waals surface area contributed by atoms with Crippen molar-refractivity contribution in [2.24, 2.45) is 5.73 Å². The second kappa shape index (κ2) is 9.97. The van der Waals surface area contributed by atoms with Gasteiger partial charge in [-0.1, -0.05) is 15.9 Å². The fourth-order valence-electron chi connectivity index (χ4n) is 2.61. The third kappa shape index (κ3) is 5.57. The zero-order valence-electron chi connectivity index (χ0n) is 13.4. The summed E-state index contributed by atoms with van der Waals surface area (Å²) in [5.74, 6) is 0.871. The Bertz CT molecular complexity index is 701. The number of hydrogen-bond acceptors (Lipinski definition) is 4. The standard InChI is InChI=1S/C17H18BrN3O2.2ClH/c18-12-5-7-14(8-6-12)23-16-15(4-1-9-20-16)17(22)21-10-2-3-13(19)11-21;;/h1,4-9,13H,2-3,10-11,19H2;2*1H. The van der Waals surface area contributed by atoms with Crippen molar-refractivity contribution in [1.82, 2.24) is 9.88 Å². The average Bonchev–Trinajstić information content (AvgIpc) is 2.57. The first-order chi connectivity index (χ1) is 11.1. The molecule has 1 aromatic heterocycles. The number of nitrogens with zero attached hydrogens (tertiary/aromatic N) is 2. The summed E-state index contributed by atoms with van der Waals surface area (Å²) in [5.41, 5.74) is 6.43. The van der Waals surface area contributed by atoms with Crippen LogP contribution in [0.3, 0.4) is 0 Å². The van der Waals surface area contributed by atoms with Crippen LogP contribution in [-0.4, -0.2) is 34.9 Å². The molecule has 0 aliphatic carbocycles. The lowest BCUT2D eigenvalue weighted by molar-refractivity contribution is 0.0705. The summed E-state index contributed by atoms with van der Waals surface area (Å²) in [4.78, 5) is 18.7. The van der Waals surface area contributed by atoms with Gasteiger partial charge in [0.25, 0.3) is 5.91 Å². The van der Waals surface area contributed by atoms with Crippen LogP contribution in [0.4, 0.5) is 0 Å². The summed E-state index contributed by atoms with van der Waals surface area (Å²) in [6, 6.07) is 10.9. The third-order valence-corrected chi connectivity index (χ3v) is 4.30. The van der Waals surface area contributed by atoms with Crippen LogP contribution < -0.4 is 10.5 Å². The van der Waals surface area contributed by atoms with Gasteiger partial charge in [0.2, 0.25) is 5.88 Å². The highest BCUT2D eigenvalue weighted by molar-refractivity contribution is 9.10. The maximum Gasteiger partial charge on any atom is 0.259 e. The first-order valence-corrected chi connectivity index (χ1v) is 8.36. The minimum absolute atomic E-state index is 0. The van der Waals surface area contributed by atoms with Gasteiger partial charge in [0.05, 0.1) is 0 Å². The first-order valence-electron chi connectivity index (χ1n) is 7.57. The second-order valence-corrected chi connectivity index (χ2v) is 6.48. The van der Waals surface area contributed by atoms with Crippen LogP contribution >= 0.6 is 40.7 Å². The van der Waals surface area contributed by atoms with Crippen molar-refractivity contribution in [3.63, 3.8) is 0 Å². The quantitative estimate of drug-likeness (QED) is 0.769. The van der Waals surface area contributed by atoms with Crippen LogP contribution in [-0.2, 0) is 0 Å². The van der Waals surface area contributed by atoms with Gasteiger partial charge in [-0.25, -0.2) is 4.98 Å². The van der Waals surface area contributed by atoms with E-state index in [0.29, 0.717) is 23.7 Å². The molecule has 1 amide bonds. The molecule has 8 heteroatoms. The molecule has 2 aromatic rings. The molecular weight excluding hydrogens is 429 g/mol. The number of benzene rings is 1. The van der Waals surface area contributed by atoms with E-state index in [-0.39, 0.29) is 36.8 Å². The fourth-order valence-corrected chi connectivity index (χ4v) is 2.88. The number of carbonyl (C=O) groups is 1. The molecule has 25 heavy (non-hydrogen) atoms. The van der Waals surface area contributed by atoms with Crippen molar-refractivity contribution < 1.29 is 9.53 Å². The van der Waals surface area contributed by atoms with Crippen molar-refractivity contribution >= 4 is 46.7 Å². The lowest BCUT2D eigenvalue weighted by Crippen LogP contribution is -2.45. The topological polar surface area (TPSA) is 68.5 Å². The minimum atomic E-state index is -0.0830. The van der Waals surface area contributed by atoms with Gasteiger partial charge in [0.1, 0.15) is 11.3 Å². The molecule has 1 saturated heterocycles. The van der Waals surface area contributed by atoms with Gasteiger partial charge in [-0.3, -0.25) is 4.79 Å². The summed E-state index contributed by atoms with van der Waals surface area (Å²) in [6.45, 7) is 1.30. The predicted molar refractivity (Wildman–Crippen MR) is 106 cm³/mol. The highest BCUT2D eigenvalue weighted by atomic mass is 79.9. The second-order valence-electron chi connectivity index (χ2n) is 5.57. The molecule has 0 bridgehead atoms. The van der Waals surface area contributed by atoms with E-state index in [9.17, 15) is 4.79 Å². The number of amides is 1. The largest absolute Gasteiger partial charge is 0.438 e. The first kappa shape index (κ1) is 21.7. The van der Waals surface area contributed by atoms with Crippen LogP contribution in [0.1, 0.15) is 23.2 Å². The highest BCUT2D eigenvalue weighted by Gasteiger charge is 2.25. The van der Waals surface area contributed by atoms with Crippen molar-refractivity contribution in [1.29, 1.82) is 0 Å². The number of ether oxygens (including phenoxy) is 1. The zero-order chi connectivity index (χ0) is 16.2. The van der Waals surface area contributed by atoms with E-state index in [2.05, 4.69) is 20.9 Å². The number of hydrogen-bond donors (Lipinski definition) is 1. The molecule has 0 spiro atoms. The zero-order valence-corrected chi connectivity index (χ0v) is 16.6. The fraction of sp³-hybridized carbons (Fsp3) is 0.294.